The van der Waals surface area contributed by atoms with Gasteiger partial charge in [-0.1, -0.05) is 91.0 Å². The molecule has 0 bridgehead atoms. The summed E-state index contributed by atoms with van der Waals surface area (Å²) in [6, 6.07) is 44.7. The molecule has 3 heteroatoms. The van der Waals surface area contributed by atoms with Gasteiger partial charge in [0.05, 0.1) is 28.7 Å². The number of rotatable bonds is 4. The van der Waals surface area contributed by atoms with Gasteiger partial charge in [-0.15, -0.1) is 0 Å². The molecule has 3 nitrogen and oxygen atoms in total. The molecule has 1 atom stereocenters. The quantitative estimate of drug-likeness (QED) is 0.259. The fourth-order valence-corrected chi connectivity index (χ4v) is 5.53. The SMILES string of the molecule is Cc1cc(C#N)ccc1N1c2ccccc2N(c2c(-c3ccccc3)cccc2-c2ccccc2)C1C. The van der Waals surface area contributed by atoms with Crippen molar-refractivity contribution < 1.29 is 0 Å². The van der Waals surface area contributed by atoms with Gasteiger partial charge in [0.25, 0.3) is 0 Å². The van der Waals surface area contributed by atoms with Crippen molar-refractivity contribution >= 4 is 22.7 Å². The fraction of sp³-hybridized carbons (Fsp3) is 0.0882. The van der Waals surface area contributed by atoms with Crippen LogP contribution in [0, 0.1) is 18.3 Å². The second-order valence-corrected chi connectivity index (χ2v) is 9.41. The zero-order chi connectivity index (χ0) is 25.4. The minimum Gasteiger partial charge on any atom is -0.318 e. The molecule has 0 spiro atoms. The maximum absolute atomic E-state index is 9.42. The first-order valence-corrected chi connectivity index (χ1v) is 12.6. The van der Waals surface area contributed by atoms with Crippen LogP contribution in [0.25, 0.3) is 22.3 Å². The molecule has 0 aliphatic carbocycles. The highest BCUT2D eigenvalue weighted by atomic mass is 15.4. The number of hydrogen-bond donors (Lipinski definition) is 0. The lowest BCUT2D eigenvalue weighted by Crippen LogP contribution is -2.36. The van der Waals surface area contributed by atoms with Gasteiger partial charge in [-0.25, -0.2) is 0 Å². The summed E-state index contributed by atoms with van der Waals surface area (Å²) >= 11 is 0. The van der Waals surface area contributed by atoms with Crippen LogP contribution in [0.15, 0.2) is 121 Å². The zero-order valence-corrected chi connectivity index (χ0v) is 21.0. The third-order valence-electron chi connectivity index (χ3n) is 7.18. The van der Waals surface area contributed by atoms with Gasteiger partial charge in [-0.05, 0) is 60.9 Å². The van der Waals surface area contributed by atoms with Crippen LogP contribution in [-0.2, 0) is 0 Å². The first-order valence-electron chi connectivity index (χ1n) is 12.6. The number of benzene rings is 5. The number of fused-ring (bicyclic) bond motifs is 1. The molecule has 1 unspecified atom stereocenters. The summed E-state index contributed by atoms with van der Waals surface area (Å²) in [7, 11) is 0. The minimum absolute atomic E-state index is 0.0105. The number of hydrogen-bond acceptors (Lipinski definition) is 3. The summed E-state index contributed by atoms with van der Waals surface area (Å²) < 4.78 is 0. The molecule has 5 aromatic carbocycles. The van der Waals surface area contributed by atoms with Crippen molar-refractivity contribution in [3.05, 3.63) is 132 Å². The lowest BCUT2D eigenvalue weighted by Gasteiger charge is -2.34. The average Bonchev–Trinajstić information content (AvgIpc) is 3.24. The molecule has 5 aromatic rings. The number of para-hydroxylation sites is 3. The lowest BCUT2D eigenvalue weighted by atomic mass is 9.94. The topological polar surface area (TPSA) is 30.3 Å². The Morgan fingerprint density at radius 1 is 0.595 bits per heavy atom. The number of nitriles is 1. The van der Waals surface area contributed by atoms with E-state index in [1.165, 1.54) is 33.6 Å². The molecule has 0 saturated carbocycles. The van der Waals surface area contributed by atoms with Crippen LogP contribution in [0.2, 0.25) is 0 Å². The van der Waals surface area contributed by atoms with Gasteiger partial charge in [-0.3, -0.25) is 0 Å². The molecule has 0 fully saturated rings. The molecular formula is C34H27N3. The predicted octanol–water partition coefficient (Wildman–Crippen LogP) is 8.84. The van der Waals surface area contributed by atoms with E-state index in [-0.39, 0.29) is 6.17 Å². The van der Waals surface area contributed by atoms with Gasteiger partial charge in [0, 0.05) is 16.8 Å². The monoisotopic (exact) mass is 477 g/mol. The Morgan fingerprint density at radius 2 is 1.14 bits per heavy atom. The second-order valence-electron chi connectivity index (χ2n) is 9.41. The largest absolute Gasteiger partial charge is 0.318 e. The van der Waals surface area contributed by atoms with Gasteiger partial charge in [0.2, 0.25) is 0 Å². The molecule has 0 saturated heterocycles. The van der Waals surface area contributed by atoms with Crippen LogP contribution in [0.1, 0.15) is 18.1 Å². The summed E-state index contributed by atoms with van der Waals surface area (Å²) in [5.41, 5.74) is 11.2. The fourth-order valence-electron chi connectivity index (χ4n) is 5.53. The van der Waals surface area contributed by atoms with Crippen LogP contribution in [-0.4, -0.2) is 6.17 Å². The minimum atomic E-state index is 0.0105. The summed E-state index contributed by atoms with van der Waals surface area (Å²) in [5, 5.41) is 9.42. The molecular weight excluding hydrogens is 450 g/mol. The van der Waals surface area contributed by atoms with Crippen molar-refractivity contribution in [3.8, 4) is 28.3 Å². The molecule has 0 amide bonds. The number of aryl methyl sites for hydroxylation is 1. The Balaban J connectivity index is 1.61. The highest BCUT2D eigenvalue weighted by Crippen LogP contribution is 2.52. The van der Waals surface area contributed by atoms with E-state index in [0.29, 0.717) is 5.56 Å². The van der Waals surface area contributed by atoms with Gasteiger partial charge in [0.1, 0.15) is 6.17 Å². The Morgan fingerprint density at radius 3 is 1.68 bits per heavy atom. The molecule has 178 valence electrons. The van der Waals surface area contributed by atoms with Crippen molar-refractivity contribution in [1.82, 2.24) is 0 Å². The van der Waals surface area contributed by atoms with Crippen molar-refractivity contribution in [2.24, 2.45) is 0 Å². The summed E-state index contributed by atoms with van der Waals surface area (Å²) in [6.07, 6.45) is 0.0105. The van der Waals surface area contributed by atoms with E-state index in [4.69, 9.17) is 0 Å². The van der Waals surface area contributed by atoms with E-state index < -0.39 is 0 Å². The van der Waals surface area contributed by atoms with E-state index in [0.717, 1.165) is 16.9 Å². The number of nitrogens with zero attached hydrogens (tertiary/aromatic N) is 3. The summed E-state index contributed by atoms with van der Waals surface area (Å²) in [4.78, 5) is 4.86. The van der Waals surface area contributed by atoms with Crippen LogP contribution < -0.4 is 9.80 Å². The van der Waals surface area contributed by atoms with Gasteiger partial charge >= 0.3 is 0 Å². The first-order chi connectivity index (χ1) is 18.2. The smallest absolute Gasteiger partial charge is 0.108 e. The Kier molecular flexibility index (Phi) is 5.71. The lowest BCUT2D eigenvalue weighted by molar-refractivity contribution is 0.760. The Hall–Kier alpha value is -4.81. The van der Waals surface area contributed by atoms with Gasteiger partial charge < -0.3 is 9.80 Å². The van der Waals surface area contributed by atoms with E-state index in [2.05, 4.69) is 139 Å². The Labute approximate surface area is 218 Å². The number of anilines is 4. The second kappa shape index (κ2) is 9.33. The van der Waals surface area contributed by atoms with Gasteiger partial charge in [-0.2, -0.15) is 5.26 Å². The molecule has 0 radical (unpaired) electrons. The molecule has 6 rings (SSSR count). The third-order valence-corrected chi connectivity index (χ3v) is 7.18. The summed E-state index contributed by atoms with van der Waals surface area (Å²) in [6.45, 7) is 4.34. The molecule has 1 heterocycles. The standard InChI is InChI=1S/C34H27N3/c1-24-22-26(23-35)20-21-31(24)36-25(2)37(33-19-10-9-18-32(33)36)34-29(27-12-5-3-6-13-27)16-11-17-30(34)28-14-7-4-8-15-28/h3-22,25H,1-2H3. The third kappa shape index (κ3) is 3.84. The van der Waals surface area contributed by atoms with E-state index in [1.54, 1.807) is 0 Å². The molecule has 1 aliphatic heterocycles. The molecule has 37 heavy (non-hydrogen) atoms. The maximum Gasteiger partial charge on any atom is 0.108 e. The van der Waals surface area contributed by atoms with Crippen LogP contribution >= 0.6 is 0 Å². The van der Waals surface area contributed by atoms with E-state index in [9.17, 15) is 5.26 Å². The highest BCUT2D eigenvalue weighted by molar-refractivity contribution is 5.99. The van der Waals surface area contributed by atoms with Crippen molar-refractivity contribution in [2.45, 2.75) is 20.0 Å². The van der Waals surface area contributed by atoms with Crippen molar-refractivity contribution in [3.63, 3.8) is 0 Å². The summed E-state index contributed by atoms with van der Waals surface area (Å²) in [5.74, 6) is 0. The van der Waals surface area contributed by atoms with Gasteiger partial charge in [0.15, 0.2) is 0 Å². The first kappa shape index (κ1) is 22.6. The van der Waals surface area contributed by atoms with E-state index in [1.807, 2.05) is 12.1 Å². The van der Waals surface area contributed by atoms with E-state index >= 15 is 0 Å². The normalized spacial score (nSPS) is 14.4. The van der Waals surface area contributed by atoms with Crippen LogP contribution in [0.4, 0.5) is 22.7 Å². The van der Waals surface area contributed by atoms with Crippen molar-refractivity contribution in [2.75, 3.05) is 9.80 Å². The van der Waals surface area contributed by atoms with Crippen LogP contribution in [0.3, 0.4) is 0 Å². The predicted molar refractivity (Wildman–Crippen MR) is 153 cm³/mol. The maximum atomic E-state index is 9.42. The molecule has 0 N–H and O–H groups in total. The molecule has 1 aliphatic rings. The van der Waals surface area contributed by atoms with Crippen molar-refractivity contribution in [1.29, 1.82) is 5.26 Å². The zero-order valence-electron chi connectivity index (χ0n) is 21.0. The molecule has 0 aromatic heterocycles. The van der Waals surface area contributed by atoms with Crippen LogP contribution in [0.5, 0.6) is 0 Å². The Bertz CT molecular complexity index is 1560. The average molecular weight is 478 g/mol. The highest BCUT2D eigenvalue weighted by Gasteiger charge is 2.37.